The second kappa shape index (κ2) is 9.99. The Hall–Kier alpha value is -2.82. The fraction of sp³-hybridized carbons (Fsp3) is 0.462. The Balaban J connectivity index is 1.49. The zero-order valence-corrected chi connectivity index (χ0v) is 19.1. The van der Waals surface area contributed by atoms with Gasteiger partial charge in [0, 0.05) is 24.3 Å². The van der Waals surface area contributed by atoms with E-state index in [0.29, 0.717) is 22.9 Å². The van der Waals surface area contributed by atoms with Crippen LogP contribution in [0.25, 0.3) is 0 Å². The number of anilines is 1. The first-order chi connectivity index (χ1) is 14.8. The first-order valence-electron chi connectivity index (χ1n) is 11.2. The predicted octanol–water partition coefficient (Wildman–Crippen LogP) is 5.26. The van der Waals surface area contributed by atoms with Crippen molar-refractivity contribution in [1.29, 1.82) is 0 Å². The number of nitrogens with zero attached hydrogens (tertiary/aromatic N) is 1. The highest BCUT2D eigenvalue weighted by Gasteiger charge is 2.21. The Morgan fingerprint density at radius 3 is 2.23 bits per heavy atom. The molecule has 0 aliphatic carbocycles. The second-order valence-corrected chi connectivity index (χ2v) is 9.15. The quantitative estimate of drug-likeness (QED) is 0.662. The summed E-state index contributed by atoms with van der Waals surface area (Å²) in [5.74, 6) is 1.18. The van der Waals surface area contributed by atoms with Gasteiger partial charge in [0.1, 0.15) is 5.75 Å². The number of ether oxygens (including phenoxy) is 1. The van der Waals surface area contributed by atoms with Crippen LogP contribution in [0.2, 0.25) is 0 Å². The molecular formula is C26H34N2O3. The van der Waals surface area contributed by atoms with Crippen LogP contribution in [0.15, 0.2) is 48.5 Å². The topological polar surface area (TPSA) is 58.6 Å². The van der Waals surface area contributed by atoms with Gasteiger partial charge in [0.2, 0.25) is 0 Å². The highest BCUT2D eigenvalue weighted by Crippen LogP contribution is 2.28. The summed E-state index contributed by atoms with van der Waals surface area (Å²) in [6, 6.07) is 15.0. The Bertz CT molecular complexity index is 880. The van der Waals surface area contributed by atoms with Crippen molar-refractivity contribution in [3.05, 3.63) is 59.7 Å². The SMILES string of the molecule is CCC(C)(C)c1ccc(OCC(=O)Nc2ccc(C(=O)N3CCC(C)CC3)cc2)cc1. The minimum absolute atomic E-state index is 0.0582. The maximum Gasteiger partial charge on any atom is 0.262 e. The summed E-state index contributed by atoms with van der Waals surface area (Å²) in [6.45, 7) is 10.4. The summed E-state index contributed by atoms with van der Waals surface area (Å²) in [5, 5.41) is 2.82. The monoisotopic (exact) mass is 422 g/mol. The normalized spacial score (nSPS) is 14.9. The number of carbonyl (C=O) groups is 2. The van der Waals surface area contributed by atoms with Crippen LogP contribution in [0.5, 0.6) is 5.75 Å². The second-order valence-electron chi connectivity index (χ2n) is 9.15. The third-order valence-corrected chi connectivity index (χ3v) is 6.38. The minimum Gasteiger partial charge on any atom is -0.484 e. The number of nitrogens with one attached hydrogen (secondary N) is 1. The van der Waals surface area contributed by atoms with E-state index in [2.05, 4.69) is 45.1 Å². The van der Waals surface area contributed by atoms with Gasteiger partial charge >= 0.3 is 0 Å². The average molecular weight is 423 g/mol. The van der Waals surface area contributed by atoms with E-state index in [1.807, 2.05) is 17.0 Å². The summed E-state index contributed by atoms with van der Waals surface area (Å²) in [7, 11) is 0. The summed E-state index contributed by atoms with van der Waals surface area (Å²) < 4.78 is 5.62. The number of rotatable bonds is 7. The molecule has 1 aliphatic heterocycles. The molecule has 1 N–H and O–H groups in total. The zero-order valence-electron chi connectivity index (χ0n) is 19.1. The van der Waals surface area contributed by atoms with Crippen LogP contribution in [0, 0.1) is 5.92 Å². The van der Waals surface area contributed by atoms with Crippen LogP contribution in [0.3, 0.4) is 0 Å². The molecule has 0 spiro atoms. The molecule has 0 aromatic heterocycles. The van der Waals surface area contributed by atoms with E-state index in [1.165, 1.54) is 5.56 Å². The highest BCUT2D eigenvalue weighted by molar-refractivity contribution is 5.96. The molecule has 1 heterocycles. The Labute approximate surface area is 185 Å². The predicted molar refractivity (Wildman–Crippen MR) is 125 cm³/mol. The average Bonchev–Trinajstić information content (AvgIpc) is 2.78. The van der Waals surface area contributed by atoms with Crippen LogP contribution < -0.4 is 10.1 Å². The summed E-state index contributed by atoms with van der Waals surface area (Å²) in [5.41, 5.74) is 2.67. The molecule has 0 unspecified atom stereocenters. The van der Waals surface area contributed by atoms with E-state index in [1.54, 1.807) is 24.3 Å². The van der Waals surface area contributed by atoms with Crippen LogP contribution in [0.4, 0.5) is 5.69 Å². The molecule has 5 heteroatoms. The van der Waals surface area contributed by atoms with Gasteiger partial charge in [-0.3, -0.25) is 9.59 Å². The van der Waals surface area contributed by atoms with E-state index >= 15 is 0 Å². The van der Waals surface area contributed by atoms with Crippen molar-refractivity contribution in [2.24, 2.45) is 5.92 Å². The lowest BCUT2D eigenvalue weighted by Gasteiger charge is -2.30. The molecule has 166 valence electrons. The Morgan fingerprint density at radius 1 is 1.03 bits per heavy atom. The van der Waals surface area contributed by atoms with Gasteiger partial charge in [-0.15, -0.1) is 0 Å². The number of amides is 2. The first kappa shape index (κ1) is 22.9. The minimum atomic E-state index is -0.234. The summed E-state index contributed by atoms with van der Waals surface area (Å²) in [6.07, 6.45) is 3.16. The van der Waals surface area contributed by atoms with Gasteiger partial charge in [-0.25, -0.2) is 0 Å². The molecule has 5 nitrogen and oxygen atoms in total. The molecule has 31 heavy (non-hydrogen) atoms. The molecule has 0 bridgehead atoms. The number of hydrogen-bond donors (Lipinski definition) is 1. The van der Waals surface area contributed by atoms with Crippen LogP contribution in [-0.2, 0) is 10.2 Å². The van der Waals surface area contributed by atoms with Crippen molar-refractivity contribution in [1.82, 2.24) is 4.90 Å². The van der Waals surface area contributed by atoms with Gasteiger partial charge in [-0.05, 0) is 72.6 Å². The molecular weight excluding hydrogens is 388 g/mol. The van der Waals surface area contributed by atoms with Gasteiger partial charge in [-0.1, -0.05) is 39.8 Å². The number of hydrogen-bond acceptors (Lipinski definition) is 3. The Kier molecular flexibility index (Phi) is 7.37. The van der Waals surface area contributed by atoms with E-state index in [9.17, 15) is 9.59 Å². The van der Waals surface area contributed by atoms with Crippen molar-refractivity contribution >= 4 is 17.5 Å². The van der Waals surface area contributed by atoms with Gasteiger partial charge in [0.25, 0.3) is 11.8 Å². The molecule has 1 saturated heterocycles. The fourth-order valence-electron chi connectivity index (χ4n) is 3.64. The number of carbonyl (C=O) groups excluding carboxylic acids is 2. The first-order valence-corrected chi connectivity index (χ1v) is 11.2. The maximum atomic E-state index is 12.6. The lowest BCUT2D eigenvalue weighted by molar-refractivity contribution is -0.118. The number of likely N-dealkylation sites (tertiary alicyclic amines) is 1. The lowest BCUT2D eigenvalue weighted by atomic mass is 9.82. The molecule has 2 aromatic rings. The third kappa shape index (κ3) is 6.09. The van der Waals surface area contributed by atoms with Gasteiger partial charge in [-0.2, -0.15) is 0 Å². The van der Waals surface area contributed by atoms with Crippen LogP contribution in [-0.4, -0.2) is 36.4 Å². The number of piperidine rings is 1. The molecule has 1 aliphatic rings. The van der Waals surface area contributed by atoms with Crippen molar-refractivity contribution in [2.45, 2.75) is 52.4 Å². The van der Waals surface area contributed by atoms with E-state index in [-0.39, 0.29) is 23.8 Å². The van der Waals surface area contributed by atoms with Crippen molar-refractivity contribution in [2.75, 3.05) is 25.0 Å². The van der Waals surface area contributed by atoms with Crippen LogP contribution in [0.1, 0.15) is 62.9 Å². The molecule has 2 amide bonds. The molecule has 1 fully saturated rings. The molecule has 3 rings (SSSR count). The van der Waals surface area contributed by atoms with Gasteiger partial charge < -0.3 is 15.0 Å². The van der Waals surface area contributed by atoms with Crippen molar-refractivity contribution < 1.29 is 14.3 Å². The van der Waals surface area contributed by atoms with E-state index < -0.39 is 0 Å². The lowest BCUT2D eigenvalue weighted by Crippen LogP contribution is -2.37. The zero-order chi connectivity index (χ0) is 22.4. The molecule has 0 atom stereocenters. The van der Waals surface area contributed by atoms with Crippen molar-refractivity contribution in [3.8, 4) is 5.75 Å². The third-order valence-electron chi connectivity index (χ3n) is 6.38. The number of benzene rings is 2. The molecule has 0 saturated carbocycles. The molecule has 2 aromatic carbocycles. The molecule has 0 radical (unpaired) electrons. The maximum absolute atomic E-state index is 12.6. The van der Waals surface area contributed by atoms with Crippen LogP contribution >= 0.6 is 0 Å². The standard InChI is InChI=1S/C26H34N2O3/c1-5-26(3,4)21-8-12-23(13-9-21)31-18-24(29)27-22-10-6-20(7-11-22)25(30)28-16-14-19(2)15-17-28/h6-13,19H,5,14-18H2,1-4H3,(H,27,29). The van der Waals surface area contributed by atoms with E-state index in [0.717, 1.165) is 32.4 Å². The van der Waals surface area contributed by atoms with Gasteiger partial charge in [0.05, 0.1) is 0 Å². The highest BCUT2D eigenvalue weighted by atomic mass is 16.5. The largest absolute Gasteiger partial charge is 0.484 e. The van der Waals surface area contributed by atoms with Gasteiger partial charge in [0.15, 0.2) is 6.61 Å². The smallest absolute Gasteiger partial charge is 0.262 e. The van der Waals surface area contributed by atoms with E-state index in [4.69, 9.17) is 4.74 Å². The Morgan fingerprint density at radius 2 is 1.65 bits per heavy atom. The summed E-state index contributed by atoms with van der Waals surface area (Å²) in [4.78, 5) is 26.8. The fourth-order valence-corrected chi connectivity index (χ4v) is 3.64. The summed E-state index contributed by atoms with van der Waals surface area (Å²) >= 11 is 0. The van der Waals surface area contributed by atoms with Crippen molar-refractivity contribution in [3.63, 3.8) is 0 Å².